The number of phenols is 1. The Morgan fingerprint density at radius 2 is 1.83 bits per heavy atom. The number of likely N-dealkylation sites (N-methyl/N-ethyl adjacent to an activating group) is 1. The van der Waals surface area contributed by atoms with Crippen molar-refractivity contribution in [1.82, 2.24) is 4.90 Å². The van der Waals surface area contributed by atoms with Gasteiger partial charge in [0.25, 0.3) is 5.91 Å². The average Bonchev–Trinajstić information content (AvgIpc) is 3.34. The summed E-state index contributed by atoms with van der Waals surface area (Å²) >= 11 is 0. The molecule has 6 rings (SSSR count). The van der Waals surface area contributed by atoms with Crippen LogP contribution in [0.15, 0.2) is 29.0 Å². The topological polar surface area (TPSA) is 172 Å². The third-order valence-electron chi connectivity index (χ3n) is 11.4. The van der Waals surface area contributed by atoms with Crippen molar-refractivity contribution in [3.63, 3.8) is 0 Å². The van der Waals surface area contributed by atoms with Gasteiger partial charge in [0.2, 0.25) is 5.78 Å². The Kier molecular flexibility index (Phi) is 7.33. The fourth-order valence-electron chi connectivity index (χ4n) is 9.39. The van der Waals surface area contributed by atoms with Gasteiger partial charge in [0.15, 0.2) is 5.60 Å². The van der Waals surface area contributed by atoms with E-state index in [1.54, 1.807) is 32.2 Å². The summed E-state index contributed by atoms with van der Waals surface area (Å²) in [4.78, 5) is 28.9. The van der Waals surface area contributed by atoms with Gasteiger partial charge in [0, 0.05) is 29.5 Å². The predicted octanol–water partition coefficient (Wildman–Crippen LogP) is 3.35. The minimum Gasteiger partial charge on any atom is -0.510 e. The highest BCUT2D eigenvalue weighted by Gasteiger charge is 2.67. The van der Waals surface area contributed by atoms with E-state index in [0.29, 0.717) is 34.3 Å². The number of allylic oxidation sites excluding steroid dienone is 2. The van der Waals surface area contributed by atoms with E-state index < -0.39 is 64.0 Å². The van der Waals surface area contributed by atoms with Crippen LogP contribution in [-0.2, 0) is 21.4 Å². The van der Waals surface area contributed by atoms with Crippen LogP contribution in [0.5, 0.6) is 17.2 Å². The third-order valence-corrected chi connectivity index (χ3v) is 11.4. The molecule has 0 aromatic heterocycles. The first-order valence-electron chi connectivity index (χ1n) is 15.7. The molecule has 248 valence electrons. The van der Waals surface area contributed by atoms with Crippen LogP contribution in [0.1, 0.15) is 73.7 Å². The summed E-state index contributed by atoms with van der Waals surface area (Å²) in [6.45, 7) is 8.61. The number of nitrogens with two attached hydrogens (primary N) is 1. The van der Waals surface area contributed by atoms with Crippen molar-refractivity contribution in [1.29, 1.82) is 0 Å². The summed E-state index contributed by atoms with van der Waals surface area (Å²) < 4.78 is 18.3. The number of aliphatic hydroxyl groups excluding tert-OH is 2. The molecule has 1 spiro atoms. The number of phenolic OH excluding ortho intramolecular Hbond substituents is 1. The largest absolute Gasteiger partial charge is 0.510 e. The number of amides is 1. The molecular formula is C35H44N2O9. The SMILES string of the molecule is CCOc1cc(OC)c2c3c(c4c(c(O)c13)C(=O)[C@@]1(O)[C@@H]([C@@H]4OC)[C@H](N(C)C)C(O)=C(C(N)=O)[C@H]1O)C[C@]21C(C)=CCCC1(C)C. The minimum absolute atomic E-state index is 0.223. The molecule has 1 amide bonds. The first-order chi connectivity index (χ1) is 21.6. The van der Waals surface area contributed by atoms with Crippen LogP contribution >= 0.6 is 0 Å². The van der Waals surface area contributed by atoms with Crippen molar-refractivity contribution in [2.24, 2.45) is 17.1 Å². The number of benzene rings is 2. The number of nitrogens with zero attached hydrogens (tertiary/aromatic N) is 1. The molecule has 0 saturated heterocycles. The number of primary amides is 1. The molecule has 4 aliphatic rings. The second kappa shape index (κ2) is 10.4. The number of carbonyl (C=O) groups is 2. The Bertz CT molecular complexity index is 1760. The van der Waals surface area contributed by atoms with Crippen LogP contribution in [0.3, 0.4) is 0 Å². The second-order valence-corrected chi connectivity index (χ2v) is 14.0. The fourth-order valence-corrected chi connectivity index (χ4v) is 9.39. The lowest BCUT2D eigenvalue weighted by atomic mass is 9.54. The van der Waals surface area contributed by atoms with Crippen LogP contribution in [-0.4, -0.2) is 89.7 Å². The van der Waals surface area contributed by atoms with Gasteiger partial charge in [0.1, 0.15) is 29.1 Å². The molecule has 4 aliphatic carbocycles. The molecule has 0 radical (unpaired) electrons. The summed E-state index contributed by atoms with van der Waals surface area (Å²) in [5.41, 5.74) is 4.24. The molecule has 0 heterocycles. The van der Waals surface area contributed by atoms with Crippen LogP contribution < -0.4 is 15.2 Å². The van der Waals surface area contributed by atoms with Crippen molar-refractivity contribution in [2.45, 2.75) is 76.2 Å². The second-order valence-electron chi connectivity index (χ2n) is 14.0. The Morgan fingerprint density at radius 3 is 2.37 bits per heavy atom. The number of aliphatic hydroxyl groups is 3. The maximum Gasteiger partial charge on any atom is 0.250 e. The smallest absolute Gasteiger partial charge is 0.250 e. The maximum absolute atomic E-state index is 14.8. The van der Waals surface area contributed by atoms with Crippen molar-refractivity contribution in [3.8, 4) is 17.2 Å². The van der Waals surface area contributed by atoms with Crippen LogP contribution in [0.25, 0.3) is 10.8 Å². The van der Waals surface area contributed by atoms with E-state index in [0.717, 1.165) is 29.5 Å². The molecule has 11 nitrogen and oxygen atoms in total. The van der Waals surface area contributed by atoms with Gasteiger partial charge in [-0.15, -0.1) is 0 Å². The average molecular weight is 637 g/mol. The first kappa shape index (κ1) is 32.3. The molecule has 0 aliphatic heterocycles. The van der Waals surface area contributed by atoms with Crippen molar-refractivity contribution in [2.75, 3.05) is 34.9 Å². The Morgan fingerprint density at radius 1 is 1.15 bits per heavy atom. The third kappa shape index (κ3) is 3.68. The number of ketones is 1. The van der Waals surface area contributed by atoms with E-state index in [4.69, 9.17) is 19.9 Å². The summed E-state index contributed by atoms with van der Waals surface area (Å²) in [7, 11) is 6.25. The lowest BCUT2D eigenvalue weighted by Gasteiger charge is -2.53. The highest BCUT2D eigenvalue weighted by atomic mass is 16.5. The molecule has 0 unspecified atom stereocenters. The number of hydrogen-bond acceptors (Lipinski definition) is 10. The van der Waals surface area contributed by atoms with Gasteiger partial charge in [0.05, 0.1) is 48.3 Å². The predicted molar refractivity (Wildman–Crippen MR) is 170 cm³/mol. The Labute approximate surface area is 268 Å². The van der Waals surface area contributed by atoms with Gasteiger partial charge in [-0.2, -0.15) is 0 Å². The molecule has 6 N–H and O–H groups in total. The molecule has 0 saturated carbocycles. The number of methoxy groups -OCH3 is 2. The highest BCUT2D eigenvalue weighted by molar-refractivity contribution is 6.16. The summed E-state index contributed by atoms with van der Waals surface area (Å²) in [5, 5.41) is 48.5. The zero-order valence-electron chi connectivity index (χ0n) is 27.6. The molecule has 2 aromatic carbocycles. The number of aromatic hydroxyl groups is 1. The van der Waals surface area contributed by atoms with E-state index in [9.17, 15) is 30.0 Å². The number of Topliss-reactive ketones (excluding diaryl/α,β-unsaturated/α-hetero) is 1. The first-order valence-corrected chi connectivity index (χ1v) is 15.7. The normalized spacial score (nSPS) is 31.3. The van der Waals surface area contributed by atoms with Crippen LogP contribution in [0.2, 0.25) is 0 Å². The van der Waals surface area contributed by atoms with E-state index in [1.165, 1.54) is 7.11 Å². The van der Waals surface area contributed by atoms with Crippen LogP contribution in [0.4, 0.5) is 0 Å². The maximum atomic E-state index is 14.8. The molecular weight excluding hydrogens is 592 g/mol. The Hall–Kier alpha value is -3.64. The minimum atomic E-state index is -2.70. The lowest BCUT2D eigenvalue weighted by Crippen LogP contribution is -2.69. The van der Waals surface area contributed by atoms with Crippen molar-refractivity contribution >= 4 is 22.5 Å². The zero-order valence-corrected chi connectivity index (χ0v) is 27.6. The molecule has 0 fully saturated rings. The highest BCUT2D eigenvalue weighted by Crippen LogP contribution is 2.66. The van der Waals surface area contributed by atoms with Gasteiger partial charge in [-0.25, -0.2) is 0 Å². The van der Waals surface area contributed by atoms with Gasteiger partial charge in [-0.3, -0.25) is 14.5 Å². The van der Waals surface area contributed by atoms with Crippen LogP contribution in [0, 0.1) is 11.3 Å². The van der Waals surface area contributed by atoms with Crippen molar-refractivity contribution < 1.29 is 44.2 Å². The van der Waals surface area contributed by atoms with E-state index >= 15 is 0 Å². The van der Waals surface area contributed by atoms with Gasteiger partial charge in [-0.05, 0) is 63.7 Å². The van der Waals surface area contributed by atoms with Crippen molar-refractivity contribution in [3.05, 3.63) is 51.3 Å². The van der Waals surface area contributed by atoms with E-state index in [2.05, 4.69) is 26.8 Å². The van der Waals surface area contributed by atoms with Gasteiger partial charge < -0.3 is 40.4 Å². The fraction of sp³-hybridized carbons (Fsp3) is 0.543. The molecule has 2 aromatic rings. The molecule has 46 heavy (non-hydrogen) atoms. The number of carbonyl (C=O) groups excluding carboxylic acids is 2. The summed E-state index contributed by atoms with van der Waals surface area (Å²) in [6, 6.07) is 0.583. The van der Waals surface area contributed by atoms with E-state index in [1.807, 2.05) is 6.92 Å². The number of ether oxygens (including phenoxy) is 3. The summed E-state index contributed by atoms with van der Waals surface area (Å²) in [6.07, 6.45) is 1.12. The van der Waals surface area contributed by atoms with Gasteiger partial charge in [-0.1, -0.05) is 25.5 Å². The lowest BCUT2D eigenvalue weighted by molar-refractivity contribution is -0.151. The number of hydrogen-bond donors (Lipinski definition) is 5. The molecule has 11 heteroatoms. The molecule has 0 bridgehead atoms. The summed E-state index contributed by atoms with van der Waals surface area (Å²) in [5.74, 6) is -3.57. The van der Waals surface area contributed by atoms with E-state index in [-0.39, 0.29) is 17.6 Å². The number of fused-ring (bicyclic) bond motifs is 4. The number of rotatable bonds is 6. The van der Waals surface area contributed by atoms with Gasteiger partial charge >= 0.3 is 0 Å². The quantitative estimate of drug-likeness (QED) is 0.296. The zero-order chi connectivity index (χ0) is 33.8. The Balaban J connectivity index is 1.81. The monoisotopic (exact) mass is 636 g/mol. The molecule has 6 atom stereocenters. The standard InChI is InChI=1S/C35H44N2O9/c1-9-46-17-13-18(44-7)24-19-16(14-34(24)15(2)11-10-12-33(34,3)4)20-22(27(38)21(17)19)30(40)35(43)25(29(20)45-8)26(37(5)6)28(39)23(31(35)41)32(36)42/h11,13,25-26,29,31,38-39,41,43H,9-10,12,14H2,1-8H3,(H2,36,42)/t25-,26+,29-,31-,34+,35+/m1/s1.